The van der Waals surface area contributed by atoms with Gasteiger partial charge in [0, 0.05) is 38.2 Å². The monoisotopic (exact) mass is 539 g/mol. The van der Waals surface area contributed by atoms with Gasteiger partial charge in [0.25, 0.3) is 5.91 Å². The number of ether oxygens (including phenoxy) is 1. The van der Waals surface area contributed by atoms with Crippen molar-refractivity contribution in [3.8, 4) is 11.4 Å². The maximum Gasteiger partial charge on any atom is 0.409 e. The SMILES string of the molecule is CCOC(=O)N1CCN(C(=O)[C@H](CCC(=O)O)NC(=O)c2cc(/C=C/C(C)O)nc(-c3ccccc3)n2)CC1. The molecule has 1 aliphatic heterocycles. The molecule has 3 amide bonds. The fourth-order valence-corrected chi connectivity index (χ4v) is 3.92. The van der Waals surface area contributed by atoms with Crippen molar-refractivity contribution in [3.63, 3.8) is 0 Å². The number of aliphatic carboxylic acids is 1. The highest BCUT2D eigenvalue weighted by molar-refractivity contribution is 5.97. The molecule has 39 heavy (non-hydrogen) atoms. The van der Waals surface area contributed by atoms with Crippen LogP contribution in [0.4, 0.5) is 4.79 Å². The molecule has 3 N–H and O–H groups in total. The molecule has 2 atom stereocenters. The van der Waals surface area contributed by atoms with Crippen molar-refractivity contribution < 1.29 is 34.1 Å². The summed E-state index contributed by atoms with van der Waals surface area (Å²) in [5.74, 6) is -1.94. The molecule has 12 nitrogen and oxygen atoms in total. The van der Waals surface area contributed by atoms with Gasteiger partial charge in [-0.15, -0.1) is 0 Å². The molecule has 1 aliphatic rings. The van der Waals surface area contributed by atoms with Crippen LogP contribution in [0.25, 0.3) is 17.5 Å². The summed E-state index contributed by atoms with van der Waals surface area (Å²) in [6, 6.07) is 9.33. The Labute approximate surface area is 226 Å². The number of aliphatic hydroxyl groups excluding tert-OH is 1. The van der Waals surface area contributed by atoms with Gasteiger partial charge in [0.05, 0.1) is 18.4 Å². The number of nitrogens with one attached hydrogen (secondary N) is 1. The van der Waals surface area contributed by atoms with Crippen LogP contribution in [-0.2, 0) is 14.3 Å². The van der Waals surface area contributed by atoms with Crippen molar-refractivity contribution in [2.45, 2.75) is 38.8 Å². The first kappa shape index (κ1) is 29.2. The second-order valence-corrected chi connectivity index (χ2v) is 8.94. The summed E-state index contributed by atoms with van der Waals surface area (Å²) < 4.78 is 5.00. The number of carboxylic acid groups (broad SMARTS) is 1. The van der Waals surface area contributed by atoms with Crippen LogP contribution in [0.5, 0.6) is 0 Å². The van der Waals surface area contributed by atoms with Crippen LogP contribution in [-0.4, -0.2) is 98.8 Å². The Morgan fingerprint density at radius 2 is 1.74 bits per heavy atom. The smallest absolute Gasteiger partial charge is 0.409 e. The van der Waals surface area contributed by atoms with Crippen LogP contribution in [0.3, 0.4) is 0 Å². The van der Waals surface area contributed by atoms with E-state index < -0.39 is 36.0 Å². The van der Waals surface area contributed by atoms with E-state index in [1.807, 2.05) is 6.07 Å². The van der Waals surface area contributed by atoms with Crippen LogP contribution in [0, 0.1) is 0 Å². The highest BCUT2D eigenvalue weighted by Gasteiger charge is 2.31. The van der Waals surface area contributed by atoms with Crippen molar-refractivity contribution >= 4 is 30.0 Å². The molecule has 0 aliphatic carbocycles. The van der Waals surface area contributed by atoms with E-state index in [0.717, 1.165) is 0 Å². The van der Waals surface area contributed by atoms with Crippen molar-refractivity contribution in [1.82, 2.24) is 25.1 Å². The summed E-state index contributed by atoms with van der Waals surface area (Å²) in [5, 5.41) is 21.5. The van der Waals surface area contributed by atoms with Crippen LogP contribution >= 0.6 is 0 Å². The van der Waals surface area contributed by atoms with Crippen LogP contribution < -0.4 is 5.32 Å². The van der Waals surface area contributed by atoms with E-state index in [4.69, 9.17) is 4.74 Å². The van der Waals surface area contributed by atoms with Gasteiger partial charge >= 0.3 is 12.1 Å². The van der Waals surface area contributed by atoms with E-state index in [0.29, 0.717) is 11.3 Å². The van der Waals surface area contributed by atoms with Crippen LogP contribution in [0.1, 0.15) is 42.9 Å². The molecular weight excluding hydrogens is 506 g/mol. The van der Waals surface area contributed by atoms with Gasteiger partial charge in [-0.1, -0.05) is 36.4 Å². The number of nitrogens with zero attached hydrogens (tertiary/aromatic N) is 4. The third kappa shape index (κ3) is 8.60. The van der Waals surface area contributed by atoms with Crippen molar-refractivity contribution in [2.75, 3.05) is 32.8 Å². The third-order valence-corrected chi connectivity index (χ3v) is 5.92. The van der Waals surface area contributed by atoms with Gasteiger partial charge < -0.3 is 30.1 Å². The topological polar surface area (TPSA) is 162 Å². The molecule has 0 saturated carbocycles. The van der Waals surface area contributed by atoms with E-state index in [-0.39, 0.29) is 57.1 Å². The maximum absolute atomic E-state index is 13.3. The van der Waals surface area contributed by atoms with E-state index in [1.165, 1.54) is 21.9 Å². The number of carboxylic acids is 1. The van der Waals surface area contributed by atoms with Crippen LogP contribution in [0.15, 0.2) is 42.5 Å². The number of aromatic nitrogens is 2. The summed E-state index contributed by atoms with van der Waals surface area (Å²) in [6.07, 6.45) is 1.42. The zero-order chi connectivity index (χ0) is 28.4. The largest absolute Gasteiger partial charge is 0.481 e. The first-order chi connectivity index (χ1) is 18.7. The second kappa shape index (κ2) is 14.0. The number of carbonyl (C=O) groups excluding carboxylic acids is 3. The number of hydrogen-bond acceptors (Lipinski definition) is 8. The molecule has 0 bridgehead atoms. The Hall–Kier alpha value is -4.32. The Kier molecular flexibility index (Phi) is 10.5. The lowest BCUT2D eigenvalue weighted by Gasteiger charge is -2.35. The molecule has 1 saturated heterocycles. The maximum atomic E-state index is 13.3. The van der Waals surface area contributed by atoms with Gasteiger partial charge in [0.1, 0.15) is 11.7 Å². The molecule has 12 heteroatoms. The number of benzene rings is 1. The third-order valence-electron chi connectivity index (χ3n) is 5.92. The molecule has 1 aromatic carbocycles. The molecule has 3 rings (SSSR count). The molecule has 1 fully saturated rings. The van der Waals surface area contributed by atoms with Crippen LogP contribution in [0.2, 0.25) is 0 Å². The average molecular weight is 540 g/mol. The van der Waals surface area contributed by atoms with Crippen molar-refractivity contribution in [3.05, 3.63) is 53.9 Å². The van der Waals surface area contributed by atoms with Crippen molar-refractivity contribution in [2.24, 2.45) is 0 Å². The Morgan fingerprint density at radius 1 is 1.08 bits per heavy atom. The summed E-state index contributed by atoms with van der Waals surface area (Å²) in [4.78, 5) is 61.7. The summed E-state index contributed by atoms with van der Waals surface area (Å²) >= 11 is 0. The zero-order valence-corrected chi connectivity index (χ0v) is 21.9. The van der Waals surface area contributed by atoms with Gasteiger partial charge in [-0.3, -0.25) is 14.4 Å². The number of hydrogen-bond donors (Lipinski definition) is 3. The summed E-state index contributed by atoms with van der Waals surface area (Å²) in [6.45, 7) is 4.49. The fraction of sp³-hybridized carbons (Fsp3) is 0.407. The number of rotatable bonds is 10. The molecular formula is C27H33N5O7. The Bertz CT molecular complexity index is 1190. The Balaban J connectivity index is 1.82. The van der Waals surface area contributed by atoms with E-state index >= 15 is 0 Å². The Morgan fingerprint density at radius 3 is 2.36 bits per heavy atom. The first-order valence-corrected chi connectivity index (χ1v) is 12.7. The number of carbonyl (C=O) groups is 4. The number of aliphatic hydroxyl groups is 1. The first-order valence-electron chi connectivity index (χ1n) is 12.7. The van der Waals surface area contributed by atoms with E-state index in [1.54, 1.807) is 44.2 Å². The summed E-state index contributed by atoms with van der Waals surface area (Å²) in [7, 11) is 0. The van der Waals surface area contributed by atoms with Gasteiger partial charge in [-0.25, -0.2) is 14.8 Å². The average Bonchev–Trinajstić information content (AvgIpc) is 2.94. The molecule has 2 heterocycles. The molecule has 1 unspecified atom stereocenters. The highest BCUT2D eigenvalue weighted by Crippen LogP contribution is 2.17. The molecule has 2 aromatic rings. The molecule has 0 radical (unpaired) electrons. The lowest BCUT2D eigenvalue weighted by atomic mass is 10.1. The molecule has 208 valence electrons. The van der Waals surface area contributed by atoms with Gasteiger partial charge in [0.15, 0.2) is 5.82 Å². The normalized spacial score (nSPS) is 15.1. The van der Waals surface area contributed by atoms with Gasteiger partial charge in [0.2, 0.25) is 5.91 Å². The van der Waals surface area contributed by atoms with Gasteiger partial charge in [-0.2, -0.15) is 0 Å². The zero-order valence-electron chi connectivity index (χ0n) is 21.9. The lowest BCUT2D eigenvalue weighted by Crippen LogP contribution is -2.56. The predicted octanol–water partition coefficient (Wildman–Crippen LogP) is 1.80. The molecule has 0 spiro atoms. The highest BCUT2D eigenvalue weighted by atomic mass is 16.6. The van der Waals surface area contributed by atoms with Gasteiger partial charge in [-0.05, 0) is 32.4 Å². The summed E-state index contributed by atoms with van der Waals surface area (Å²) in [5.41, 5.74) is 1.02. The van der Waals surface area contributed by atoms with E-state index in [2.05, 4.69) is 15.3 Å². The van der Waals surface area contributed by atoms with Crippen molar-refractivity contribution in [1.29, 1.82) is 0 Å². The second-order valence-electron chi connectivity index (χ2n) is 8.94. The quantitative estimate of drug-likeness (QED) is 0.409. The minimum absolute atomic E-state index is 0.0191. The number of amides is 3. The standard InChI is InChI=1S/C27H33N5O7/c1-3-39-27(38)32-15-13-31(14-16-32)26(37)21(11-12-23(34)35)30-25(36)22-17-20(10-9-18(2)33)28-24(29-22)19-7-5-4-6-8-19/h4-10,17-18,21,33H,3,11-16H2,1-2H3,(H,30,36)(H,34,35)/b10-9+/t18?,21-/m0/s1. The number of piperazine rings is 1. The minimum Gasteiger partial charge on any atom is -0.481 e. The predicted molar refractivity (Wildman–Crippen MR) is 141 cm³/mol. The lowest BCUT2D eigenvalue weighted by molar-refractivity contribution is -0.138. The minimum atomic E-state index is -1.12. The fourth-order valence-electron chi connectivity index (χ4n) is 3.92. The van der Waals surface area contributed by atoms with E-state index in [9.17, 15) is 29.4 Å². The molecule has 1 aromatic heterocycles.